The minimum absolute atomic E-state index is 0.0154. The van der Waals surface area contributed by atoms with Gasteiger partial charge in [0.2, 0.25) is 0 Å². The van der Waals surface area contributed by atoms with Gasteiger partial charge in [-0.3, -0.25) is 0 Å². The van der Waals surface area contributed by atoms with Gasteiger partial charge in [0.25, 0.3) is 0 Å². The minimum atomic E-state index is -2.01. The average Bonchev–Trinajstić information content (AvgIpc) is 2.74. The second-order valence-corrected chi connectivity index (χ2v) is 8.16. The molecular formula is C22H20F3IO4. The van der Waals surface area contributed by atoms with Crippen LogP contribution in [0, 0.1) is 11.6 Å². The summed E-state index contributed by atoms with van der Waals surface area (Å²) < 4.78 is 58.2. The van der Waals surface area contributed by atoms with E-state index in [4.69, 9.17) is 14.2 Å². The van der Waals surface area contributed by atoms with Gasteiger partial charge in [-0.1, -0.05) is 34.7 Å². The third-order valence-electron chi connectivity index (χ3n) is 5.05. The first-order valence-electron chi connectivity index (χ1n) is 8.95. The Morgan fingerprint density at radius 1 is 0.900 bits per heavy atom. The Labute approximate surface area is 186 Å². The Bertz CT molecular complexity index is 966. The summed E-state index contributed by atoms with van der Waals surface area (Å²) in [4.78, 5) is 0. The van der Waals surface area contributed by atoms with Crippen molar-refractivity contribution in [3.8, 4) is 11.5 Å². The zero-order valence-corrected chi connectivity index (χ0v) is 18.7. The van der Waals surface area contributed by atoms with Gasteiger partial charge in [-0.2, -0.15) is 0 Å². The Morgan fingerprint density at radius 3 is 1.80 bits per heavy atom. The number of halogens is 4. The largest absolute Gasteiger partial charge is 0.498 e. The number of ether oxygens (including phenoxy) is 3. The maximum atomic E-state index is 14.6. The molecule has 0 unspecified atom stereocenters. The van der Waals surface area contributed by atoms with Crippen molar-refractivity contribution in [2.45, 2.75) is 15.9 Å². The van der Waals surface area contributed by atoms with E-state index < -0.39 is 27.0 Å². The van der Waals surface area contributed by atoms with Crippen LogP contribution in [-0.4, -0.2) is 30.4 Å². The molecule has 4 nitrogen and oxygen atoms in total. The predicted molar refractivity (Wildman–Crippen MR) is 115 cm³/mol. The quantitative estimate of drug-likeness (QED) is 0.412. The number of methoxy groups -OCH3 is 3. The smallest absolute Gasteiger partial charge is 0.165 e. The van der Waals surface area contributed by atoms with Gasteiger partial charge in [-0.05, 0) is 47.0 Å². The van der Waals surface area contributed by atoms with E-state index in [1.807, 2.05) is 22.6 Å². The maximum Gasteiger partial charge on any atom is 0.165 e. The molecule has 0 aliphatic heterocycles. The van der Waals surface area contributed by atoms with Gasteiger partial charge in [-0.15, -0.1) is 0 Å². The molecule has 1 aliphatic carbocycles. The van der Waals surface area contributed by atoms with E-state index in [1.54, 1.807) is 0 Å². The molecule has 1 aliphatic rings. The highest BCUT2D eigenvalue weighted by Crippen LogP contribution is 2.46. The van der Waals surface area contributed by atoms with E-state index in [9.17, 15) is 18.3 Å². The van der Waals surface area contributed by atoms with Crippen LogP contribution in [-0.2, 0) is 10.3 Å². The van der Waals surface area contributed by atoms with Gasteiger partial charge in [0, 0.05) is 10.3 Å². The van der Waals surface area contributed by atoms with Crippen LogP contribution < -0.4 is 9.47 Å². The second kappa shape index (κ2) is 8.89. The number of rotatable bonds is 6. The average molecular weight is 532 g/mol. The highest BCUT2D eigenvalue weighted by atomic mass is 127. The molecule has 0 fully saturated rings. The van der Waals surface area contributed by atoms with Gasteiger partial charge in [0.05, 0.1) is 21.3 Å². The van der Waals surface area contributed by atoms with Crippen molar-refractivity contribution in [1.82, 2.24) is 0 Å². The first-order chi connectivity index (χ1) is 14.3. The molecule has 0 saturated heterocycles. The lowest BCUT2D eigenvalue weighted by Crippen LogP contribution is -2.35. The minimum Gasteiger partial charge on any atom is -0.498 e. The van der Waals surface area contributed by atoms with Crippen molar-refractivity contribution in [1.29, 1.82) is 0 Å². The molecule has 160 valence electrons. The lowest BCUT2D eigenvalue weighted by molar-refractivity contribution is 0.115. The number of allylic oxidation sites excluding steroid dienone is 3. The molecule has 0 amide bonds. The van der Waals surface area contributed by atoms with Crippen LogP contribution in [0.3, 0.4) is 0 Å². The van der Waals surface area contributed by atoms with Gasteiger partial charge in [-0.25, -0.2) is 13.2 Å². The first-order valence-corrected chi connectivity index (χ1v) is 10.2. The van der Waals surface area contributed by atoms with Crippen molar-refractivity contribution in [3.05, 3.63) is 82.4 Å². The normalized spacial score (nSPS) is 16.9. The highest BCUT2D eigenvalue weighted by Gasteiger charge is 2.42. The van der Waals surface area contributed by atoms with Crippen LogP contribution in [0.1, 0.15) is 17.5 Å². The fourth-order valence-corrected chi connectivity index (χ4v) is 4.50. The zero-order valence-electron chi connectivity index (χ0n) is 16.5. The third kappa shape index (κ3) is 3.90. The van der Waals surface area contributed by atoms with E-state index in [-0.39, 0.29) is 40.4 Å². The summed E-state index contributed by atoms with van der Waals surface area (Å²) in [5.74, 6) is -1.96. The Balaban J connectivity index is 2.28. The van der Waals surface area contributed by atoms with Crippen molar-refractivity contribution in [2.75, 3.05) is 21.3 Å². The molecule has 2 aromatic carbocycles. The SMILES string of the molecule is COC1=C(F)C=C(C(O)(c2ccc(OC)c(F)c2)c2ccc(OC)c(F)c2)[C@H](I)C1. The molecule has 0 bridgehead atoms. The number of hydrogen-bond acceptors (Lipinski definition) is 4. The zero-order chi connectivity index (χ0) is 22.1. The second-order valence-electron chi connectivity index (χ2n) is 6.66. The monoisotopic (exact) mass is 532 g/mol. The van der Waals surface area contributed by atoms with Gasteiger partial charge >= 0.3 is 0 Å². The standard InChI is InChI=1S/C22H20F3IO4/c1-28-19-6-4-12(8-15(19)23)22(27,13-5-7-20(29-2)16(24)9-13)14-10-17(25)21(30-3)11-18(14)26/h4-10,18,27H,11H2,1-3H3/t18-/m1/s1. The Kier molecular flexibility index (Phi) is 6.66. The molecule has 1 N–H and O–H groups in total. The van der Waals surface area contributed by atoms with Crippen molar-refractivity contribution < 1.29 is 32.5 Å². The summed E-state index contributed by atoms with van der Waals surface area (Å²) in [6, 6.07) is 7.82. The highest BCUT2D eigenvalue weighted by molar-refractivity contribution is 14.1. The summed E-state index contributed by atoms with van der Waals surface area (Å²) in [6.07, 6.45) is 1.33. The van der Waals surface area contributed by atoms with Gasteiger partial charge in [0.1, 0.15) is 11.4 Å². The summed E-state index contributed by atoms with van der Waals surface area (Å²) in [7, 11) is 4.00. The third-order valence-corrected chi connectivity index (χ3v) is 6.17. The topological polar surface area (TPSA) is 47.9 Å². The lowest BCUT2D eigenvalue weighted by Gasteiger charge is -2.36. The summed E-state index contributed by atoms with van der Waals surface area (Å²) in [5.41, 5.74) is -1.57. The number of aliphatic hydroxyl groups is 1. The lowest BCUT2D eigenvalue weighted by atomic mass is 9.76. The van der Waals surface area contributed by atoms with E-state index >= 15 is 0 Å². The van der Waals surface area contributed by atoms with Gasteiger partial charge < -0.3 is 19.3 Å². The molecule has 1 atom stereocenters. The van der Waals surface area contributed by atoms with Gasteiger partial charge in [0.15, 0.2) is 29.0 Å². The molecule has 0 aromatic heterocycles. The summed E-state index contributed by atoms with van der Waals surface area (Å²) in [6.45, 7) is 0. The van der Waals surface area contributed by atoms with E-state index in [1.165, 1.54) is 45.6 Å². The fourth-order valence-electron chi connectivity index (χ4n) is 3.47. The molecule has 3 rings (SSSR count). The molecule has 8 heteroatoms. The van der Waals surface area contributed by atoms with E-state index in [0.29, 0.717) is 0 Å². The van der Waals surface area contributed by atoms with Crippen LogP contribution in [0.25, 0.3) is 0 Å². The van der Waals surface area contributed by atoms with Crippen LogP contribution in [0.5, 0.6) is 11.5 Å². The fraction of sp³-hybridized carbons (Fsp3) is 0.273. The first kappa shape index (κ1) is 22.5. The van der Waals surface area contributed by atoms with Crippen LogP contribution in [0.2, 0.25) is 0 Å². The molecule has 0 heterocycles. The van der Waals surface area contributed by atoms with Crippen LogP contribution in [0.4, 0.5) is 13.2 Å². The summed E-state index contributed by atoms with van der Waals surface area (Å²) >= 11 is 2.05. The number of hydrogen-bond donors (Lipinski definition) is 1. The predicted octanol–water partition coefficient (Wildman–Crippen LogP) is 5.18. The van der Waals surface area contributed by atoms with Crippen molar-refractivity contribution in [2.24, 2.45) is 0 Å². The molecular weight excluding hydrogens is 512 g/mol. The molecule has 0 saturated carbocycles. The molecule has 0 radical (unpaired) electrons. The van der Waals surface area contributed by atoms with Crippen molar-refractivity contribution >= 4 is 22.6 Å². The molecule has 2 aromatic rings. The maximum absolute atomic E-state index is 14.6. The van der Waals surface area contributed by atoms with E-state index in [2.05, 4.69) is 0 Å². The van der Waals surface area contributed by atoms with E-state index in [0.717, 1.165) is 18.2 Å². The molecule has 30 heavy (non-hydrogen) atoms. The van der Waals surface area contributed by atoms with Crippen molar-refractivity contribution in [3.63, 3.8) is 0 Å². The summed E-state index contributed by atoms with van der Waals surface area (Å²) in [5, 5.41) is 11.9. The van der Waals surface area contributed by atoms with Crippen LogP contribution in [0.15, 0.2) is 59.6 Å². The Morgan fingerprint density at radius 2 is 1.40 bits per heavy atom. The number of benzene rings is 2. The molecule has 0 spiro atoms. The van der Waals surface area contributed by atoms with Crippen LogP contribution >= 0.6 is 22.6 Å². The Hall–Kier alpha value is -2.20. The number of alkyl halides is 1.